The van der Waals surface area contributed by atoms with Crippen LogP contribution in [0.25, 0.3) is 0 Å². The Morgan fingerprint density at radius 2 is 2.30 bits per heavy atom. The minimum absolute atomic E-state index is 0.0429. The zero-order valence-electron chi connectivity index (χ0n) is 11.6. The number of thioether (sulfide) groups is 1. The van der Waals surface area contributed by atoms with Gasteiger partial charge < -0.3 is 10.4 Å². The minimum atomic E-state index is -0.0429. The van der Waals surface area contributed by atoms with Crippen molar-refractivity contribution in [2.45, 2.75) is 30.3 Å². The zero-order valence-corrected chi connectivity index (χ0v) is 12.4. The molecule has 1 heterocycles. The van der Waals surface area contributed by atoms with Gasteiger partial charge in [-0.25, -0.2) is 4.98 Å². The smallest absolute Gasteiger partial charge is 0.251 e. The molecule has 2 aliphatic rings. The van der Waals surface area contributed by atoms with Gasteiger partial charge in [-0.05, 0) is 49.5 Å². The van der Waals surface area contributed by atoms with E-state index in [0.717, 1.165) is 11.4 Å². The molecule has 108 valence electrons. The van der Waals surface area contributed by atoms with E-state index in [1.165, 1.54) is 24.6 Å². The number of hydrogen-bond donors (Lipinski definition) is 2. The normalized spacial score (nSPS) is 31.5. The molecule has 0 radical (unpaired) electrons. The highest BCUT2D eigenvalue weighted by molar-refractivity contribution is 7.98. The van der Waals surface area contributed by atoms with E-state index in [4.69, 9.17) is 0 Å². The van der Waals surface area contributed by atoms with Crippen molar-refractivity contribution in [3.05, 3.63) is 23.9 Å². The first kappa shape index (κ1) is 13.9. The van der Waals surface area contributed by atoms with Crippen LogP contribution >= 0.6 is 11.8 Å². The second-order valence-electron chi connectivity index (χ2n) is 5.77. The Bertz CT molecular complexity index is 508. The van der Waals surface area contributed by atoms with Crippen molar-refractivity contribution in [2.24, 2.45) is 17.8 Å². The maximum atomic E-state index is 12.4. The van der Waals surface area contributed by atoms with Crippen molar-refractivity contribution in [1.82, 2.24) is 10.3 Å². The monoisotopic (exact) mass is 292 g/mol. The fourth-order valence-electron chi connectivity index (χ4n) is 3.80. The van der Waals surface area contributed by atoms with Crippen molar-refractivity contribution >= 4 is 17.7 Å². The number of carbonyl (C=O) groups excluding carboxylic acids is 1. The lowest BCUT2D eigenvalue weighted by Gasteiger charge is -2.30. The van der Waals surface area contributed by atoms with Gasteiger partial charge in [0.15, 0.2) is 0 Å². The number of amides is 1. The highest BCUT2D eigenvalue weighted by atomic mass is 32.2. The van der Waals surface area contributed by atoms with E-state index in [0.29, 0.717) is 17.4 Å². The van der Waals surface area contributed by atoms with Gasteiger partial charge in [0.1, 0.15) is 0 Å². The highest BCUT2D eigenvalue weighted by Crippen LogP contribution is 2.48. The molecule has 5 heteroatoms. The maximum absolute atomic E-state index is 12.4. The number of nitrogens with zero attached hydrogens (tertiary/aromatic N) is 1. The van der Waals surface area contributed by atoms with E-state index in [1.54, 1.807) is 12.3 Å². The summed E-state index contributed by atoms with van der Waals surface area (Å²) in [6.07, 6.45) is 7.15. The van der Waals surface area contributed by atoms with E-state index in [-0.39, 0.29) is 24.5 Å². The summed E-state index contributed by atoms with van der Waals surface area (Å²) in [5.41, 5.74) is 0.656. The van der Waals surface area contributed by atoms with Crippen molar-refractivity contribution in [3.8, 4) is 0 Å². The van der Waals surface area contributed by atoms with Crippen LogP contribution in [0, 0.1) is 17.8 Å². The third kappa shape index (κ3) is 2.44. The molecule has 0 saturated heterocycles. The van der Waals surface area contributed by atoms with Gasteiger partial charge in [-0.2, -0.15) is 0 Å². The molecule has 2 saturated carbocycles. The topological polar surface area (TPSA) is 62.2 Å². The largest absolute Gasteiger partial charge is 0.396 e. The van der Waals surface area contributed by atoms with Crippen LogP contribution in [0.4, 0.5) is 0 Å². The number of aliphatic hydroxyl groups is 1. The van der Waals surface area contributed by atoms with Crippen LogP contribution in [0.2, 0.25) is 0 Å². The van der Waals surface area contributed by atoms with Gasteiger partial charge in [0, 0.05) is 30.3 Å². The summed E-state index contributed by atoms with van der Waals surface area (Å²) in [5, 5.41) is 13.6. The SMILES string of the molecule is CSc1cc(C(=O)NC2C3CCC(C3)C2CO)ccn1. The van der Waals surface area contributed by atoms with Crippen LogP contribution < -0.4 is 5.32 Å². The van der Waals surface area contributed by atoms with Gasteiger partial charge in [0.25, 0.3) is 5.91 Å². The van der Waals surface area contributed by atoms with E-state index in [1.807, 2.05) is 12.3 Å². The molecule has 1 aromatic heterocycles. The molecule has 4 atom stereocenters. The van der Waals surface area contributed by atoms with Crippen LogP contribution in [0.5, 0.6) is 0 Å². The molecule has 2 aliphatic carbocycles. The van der Waals surface area contributed by atoms with Crippen LogP contribution in [0.3, 0.4) is 0 Å². The summed E-state index contributed by atoms with van der Waals surface area (Å²) in [4.78, 5) is 16.6. The first-order valence-corrected chi connectivity index (χ1v) is 8.37. The van der Waals surface area contributed by atoms with Crippen LogP contribution in [0.1, 0.15) is 29.6 Å². The summed E-state index contributed by atoms with van der Waals surface area (Å²) >= 11 is 1.53. The van der Waals surface area contributed by atoms with Crippen molar-refractivity contribution in [2.75, 3.05) is 12.9 Å². The summed E-state index contributed by atoms with van der Waals surface area (Å²) in [5.74, 6) is 1.33. The fourth-order valence-corrected chi connectivity index (χ4v) is 4.21. The molecular formula is C15H20N2O2S. The third-order valence-corrected chi connectivity index (χ3v) is 5.44. The molecule has 0 spiro atoms. The molecule has 2 N–H and O–H groups in total. The predicted molar refractivity (Wildman–Crippen MR) is 78.7 cm³/mol. The second-order valence-corrected chi connectivity index (χ2v) is 6.59. The molecule has 3 rings (SSSR count). The van der Waals surface area contributed by atoms with Gasteiger partial charge in [-0.3, -0.25) is 4.79 Å². The number of aromatic nitrogens is 1. The van der Waals surface area contributed by atoms with Gasteiger partial charge >= 0.3 is 0 Å². The third-order valence-electron chi connectivity index (χ3n) is 4.80. The number of hydrogen-bond acceptors (Lipinski definition) is 4. The lowest BCUT2D eigenvalue weighted by molar-refractivity contribution is 0.0861. The number of pyridine rings is 1. The van der Waals surface area contributed by atoms with E-state index < -0.39 is 0 Å². The molecular weight excluding hydrogens is 272 g/mol. The van der Waals surface area contributed by atoms with Crippen LogP contribution in [0.15, 0.2) is 23.4 Å². The van der Waals surface area contributed by atoms with Crippen molar-refractivity contribution in [3.63, 3.8) is 0 Å². The Balaban J connectivity index is 1.72. The molecule has 1 aromatic rings. The van der Waals surface area contributed by atoms with E-state index >= 15 is 0 Å². The number of aliphatic hydroxyl groups excluding tert-OH is 1. The van der Waals surface area contributed by atoms with Gasteiger partial charge in [0.05, 0.1) is 5.03 Å². The fraction of sp³-hybridized carbons (Fsp3) is 0.600. The standard InChI is InChI=1S/C15H20N2O2S/c1-20-13-7-11(4-5-16-13)15(19)17-14-10-3-2-9(6-10)12(14)8-18/h4-5,7,9-10,12,14,18H,2-3,6,8H2,1H3,(H,17,19). The summed E-state index contributed by atoms with van der Waals surface area (Å²) in [6, 6.07) is 3.70. The highest BCUT2D eigenvalue weighted by Gasteiger charge is 2.47. The number of nitrogens with one attached hydrogen (secondary N) is 1. The minimum Gasteiger partial charge on any atom is -0.396 e. The number of carbonyl (C=O) groups is 1. The molecule has 0 aliphatic heterocycles. The molecule has 20 heavy (non-hydrogen) atoms. The Hall–Kier alpha value is -1.07. The molecule has 4 nitrogen and oxygen atoms in total. The lowest BCUT2D eigenvalue weighted by atomic mass is 9.85. The summed E-state index contributed by atoms with van der Waals surface area (Å²) in [6.45, 7) is 0.179. The Labute approximate surface area is 123 Å². The molecule has 2 fully saturated rings. The van der Waals surface area contributed by atoms with E-state index in [9.17, 15) is 9.90 Å². The molecule has 4 unspecified atom stereocenters. The van der Waals surface area contributed by atoms with Crippen LogP contribution in [-0.2, 0) is 0 Å². The van der Waals surface area contributed by atoms with Gasteiger partial charge in [0.2, 0.25) is 0 Å². The first-order valence-electron chi connectivity index (χ1n) is 7.14. The molecule has 1 amide bonds. The average Bonchev–Trinajstić information content (AvgIpc) is 3.08. The summed E-state index contributed by atoms with van der Waals surface area (Å²) < 4.78 is 0. The average molecular weight is 292 g/mol. The van der Waals surface area contributed by atoms with Gasteiger partial charge in [-0.15, -0.1) is 11.8 Å². The summed E-state index contributed by atoms with van der Waals surface area (Å²) in [7, 11) is 0. The number of rotatable bonds is 4. The maximum Gasteiger partial charge on any atom is 0.251 e. The zero-order chi connectivity index (χ0) is 14.1. The Morgan fingerprint density at radius 1 is 1.50 bits per heavy atom. The van der Waals surface area contributed by atoms with Crippen LogP contribution in [-0.4, -0.2) is 34.9 Å². The van der Waals surface area contributed by atoms with Crippen molar-refractivity contribution in [1.29, 1.82) is 0 Å². The van der Waals surface area contributed by atoms with E-state index in [2.05, 4.69) is 10.3 Å². The second kappa shape index (κ2) is 5.74. The molecule has 2 bridgehead atoms. The quantitative estimate of drug-likeness (QED) is 0.833. The lowest BCUT2D eigenvalue weighted by Crippen LogP contribution is -2.45. The predicted octanol–water partition coefficient (Wildman–Crippen LogP) is 1.94. The Morgan fingerprint density at radius 3 is 3.05 bits per heavy atom. The van der Waals surface area contributed by atoms with Gasteiger partial charge in [-0.1, -0.05) is 0 Å². The first-order chi connectivity index (χ1) is 9.72. The Kier molecular flexibility index (Phi) is 3.98. The number of fused-ring (bicyclic) bond motifs is 2. The molecule has 0 aromatic carbocycles. The van der Waals surface area contributed by atoms with Crippen molar-refractivity contribution < 1.29 is 9.90 Å².